The predicted molar refractivity (Wildman–Crippen MR) is 74.8 cm³/mol. The van der Waals surface area contributed by atoms with Gasteiger partial charge in [0.25, 0.3) is 0 Å². The summed E-state index contributed by atoms with van der Waals surface area (Å²) in [7, 11) is 2.13. The summed E-state index contributed by atoms with van der Waals surface area (Å²) in [5.41, 5.74) is 1.04. The van der Waals surface area contributed by atoms with Gasteiger partial charge in [-0.25, -0.2) is 0 Å². The van der Waals surface area contributed by atoms with E-state index in [0.717, 1.165) is 38.3 Å². The number of ether oxygens (including phenoxy) is 1. The van der Waals surface area contributed by atoms with Crippen LogP contribution in [-0.4, -0.2) is 55.5 Å². The molecule has 0 amide bonds. The third kappa shape index (κ3) is 5.01. The maximum absolute atomic E-state index is 11.7. The lowest BCUT2D eigenvalue weighted by Crippen LogP contribution is -2.45. The van der Waals surface area contributed by atoms with Gasteiger partial charge in [0.1, 0.15) is 6.61 Å². The summed E-state index contributed by atoms with van der Waals surface area (Å²) < 4.78 is 5.26. The Bertz CT molecular complexity index is 386. The van der Waals surface area contributed by atoms with Gasteiger partial charge in [-0.2, -0.15) is 0 Å². The van der Waals surface area contributed by atoms with Crippen molar-refractivity contribution in [3.63, 3.8) is 0 Å². The minimum absolute atomic E-state index is 0.109. The summed E-state index contributed by atoms with van der Waals surface area (Å²) in [6, 6.07) is 9.79. The maximum Gasteiger partial charge on any atom is 0.307 e. The van der Waals surface area contributed by atoms with Crippen molar-refractivity contribution in [2.45, 2.75) is 13.0 Å². The van der Waals surface area contributed by atoms with Crippen molar-refractivity contribution in [3.05, 3.63) is 35.9 Å². The second kappa shape index (κ2) is 7.26. The number of carbonyl (C=O) groups is 1. The molecule has 0 radical (unpaired) electrons. The zero-order valence-electron chi connectivity index (χ0n) is 11.5. The van der Waals surface area contributed by atoms with Crippen molar-refractivity contribution in [2.24, 2.45) is 0 Å². The molecule has 0 spiro atoms. The van der Waals surface area contributed by atoms with Gasteiger partial charge in [0, 0.05) is 32.7 Å². The number of likely N-dealkylation sites (N-methyl/N-ethyl adjacent to an activating group) is 1. The van der Waals surface area contributed by atoms with Gasteiger partial charge in [0.15, 0.2) is 0 Å². The SMILES string of the molecule is CN1CCN(CCC(=O)OCc2ccccc2)CC1. The van der Waals surface area contributed by atoms with Crippen LogP contribution in [0.1, 0.15) is 12.0 Å². The lowest BCUT2D eigenvalue weighted by Gasteiger charge is -2.31. The molecule has 1 aliphatic rings. The standard InChI is InChI=1S/C15H22N2O2/c1-16-9-11-17(12-10-16)8-7-15(18)19-13-14-5-3-2-4-6-14/h2-6H,7-13H2,1H3. The smallest absolute Gasteiger partial charge is 0.307 e. The van der Waals surface area contributed by atoms with Crippen LogP contribution >= 0.6 is 0 Å². The molecule has 19 heavy (non-hydrogen) atoms. The minimum Gasteiger partial charge on any atom is -0.461 e. The van der Waals surface area contributed by atoms with Crippen LogP contribution in [0.4, 0.5) is 0 Å². The van der Waals surface area contributed by atoms with Crippen molar-refractivity contribution in [1.29, 1.82) is 0 Å². The molecule has 0 aromatic heterocycles. The topological polar surface area (TPSA) is 32.8 Å². The zero-order valence-corrected chi connectivity index (χ0v) is 11.5. The first kappa shape index (κ1) is 14.0. The number of hydrogen-bond acceptors (Lipinski definition) is 4. The van der Waals surface area contributed by atoms with E-state index in [2.05, 4.69) is 16.8 Å². The van der Waals surface area contributed by atoms with E-state index >= 15 is 0 Å². The highest BCUT2D eigenvalue weighted by Crippen LogP contribution is 2.04. The molecule has 2 rings (SSSR count). The Morgan fingerprint density at radius 1 is 1.16 bits per heavy atom. The molecule has 1 aromatic rings. The molecule has 1 saturated heterocycles. The molecular weight excluding hydrogens is 240 g/mol. The van der Waals surface area contributed by atoms with Crippen molar-refractivity contribution in [1.82, 2.24) is 9.80 Å². The molecule has 4 nitrogen and oxygen atoms in total. The lowest BCUT2D eigenvalue weighted by atomic mass is 10.2. The Balaban J connectivity index is 1.62. The van der Waals surface area contributed by atoms with Crippen molar-refractivity contribution in [3.8, 4) is 0 Å². The van der Waals surface area contributed by atoms with Crippen LogP contribution in [-0.2, 0) is 16.1 Å². The molecule has 104 valence electrons. The van der Waals surface area contributed by atoms with Crippen LogP contribution in [0.15, 0.2) is 30.3 Å². The van der Waals surface area contributed by atoms with E-state index in [4.69, 9.17) is 4.74 Å². The van der Waals surface area contributed by atoms with Crippen molar-refractivity contribution < 1.29 is 9.53 Å². The Kier molecular flexibility index (Phi) is 5.36. The quantitative estimate of drug-likeness (QED) is 0.750. The summed E-state index contributed by atoms with van der Waals surface area (Å²) in [6.45, 7) is 5.44. The van der Waals surface area contributed by atoms with E-state index in [1.54, 1.807) is 0 Å². The van der Waals surface area contributed by atoms with Crippen LogP contribution < -0.4 is 0 Å². The number of rotatable bonds is 5. The monoisotopic (exact) mass is 262 g/mol. The second-order valence-corrected chi connectivity index (χ2v) is 5.04. The molecule has 1 aromatic carbocycles. The third-order valence-corrected chi connectivity index (χ3v) is 3.47. The summed E-state index contributed by atoms with van der Waals surface area (Å²) >= 11 is 0. The summed E-state index contributed by atoms with van der Waals surface area (Å²) in [4.78, 5) is 16.3. The van der Waals surface area contributed by atoms with E-state index in [-0.39, 0.29) is 5.97 Å². The first-order valence-electron chi connectivity index (χ1n) is 6.84. The number of benzene rings is 1. The average Bonchev–Trinajstić information content (AvgIpc) is 2.45. The van der Waals surface area contributed by atoms with Crippen LogP contribution in [0, 0.1) is 0 Å². The van der Waals surface area contributed by atoms with Crippen LogP contribution in [0.5, 0.6) is 0 Å². The molecule has 0 aliphatic carbocycles. The molecule has 0 N–H and O–H groups in total. The minimum atomic E-state index is -0.109. The van der Waals surface area contributed by atoms with Crippen LogP contribution in [0.25, 0.3) is 0 Å². The summed E-state index contributed by atoms with van der Waals surface area (Å²) in [5, 5.41) is 0. The highest BCUT2D eigenvalue weighted by atomic mass is 16.5. The number of carbonyl (C=O) groups excluding carboxylic acids is 1. The fourth-order valence-corrected chi connectivity index (χ4v) is 2.13. The Labute approximate surface area is 115 Å². The van der Waals surface area contributed by atoms with Crippen LogP contribution in [0.3, 0.4) is 0 Å². The van der Waals surface area contributed by atoms with Gasteiger partial charge in [-0.15, -0.1) is 0 Å². The molecule has 4 heteroatoms. The normalized spacial score (nSPS) is 17.3. The molecular formula is C15H22N2O2. The molecule has 1 fully saturated rings. The molecule has 0 atom stereocenters. The van der Waals surface area contributed by atoms with Crippen molar-refractivity contribution >= 4 is 5.97 Å². The van der Waals surface area contributed by atoms with Gasteiger partial charge < -0.3 is 14.5 Å². The number of esters is 1. The lowest BCUT2D eigenvalue weighted by molar-refractivity contribution is -0.145. The van der Waals surface area contributed by atoms with Gasteiger partial charge in [0.2, 0.25) is 0 Å². The number of piperazine rings is 1. The van der Waals surface area contributed by atoms with E-state index in [9.17, 15) is 4.79 Å². The van der Waals surface area contributed by atoms with E-state index < -0.39 is 0 Å². The predicted octanol–water partition coefficient (Wildman–Crippen LogP) is 1.37. The summed E-state index contributed by atoms with van der Waals surface area (Å²) in [5.74, 6) is -0.109. The van der Waals surface area contributed by atoms with E-state index in [0.29, 0.717) is 13.0 Å². The Hall–Kier alpha value is -1.39. The molecule has 0 unspecified atom stereocenters. The van der Waals surface area contributed by atoms with Gasteiger partial charge in [-0.1, -0.05) is 30.3 Å². The number of nitrogens with zero attached hydrogens (tertiary/aromatic N) is 2. The molecule has 1 heterocycles. The molecule has 0 bridgehead atoms. The summed E-state index contributed by atoms with van der Waals surface area (Å²) in [6.07, 6.45) is 0.483. The highest BCUT2D eigenvalue weighted by Gasteiger charge is 2.14. The number of hydrogen-bond donors (Lipinski definition) is 0. The van der Waals surface area contributed by atoms with E-state index in [1.165, 1.54) is 0 Å². The average molecular weight is 262 g/mol. The third-order valence-electron chi connectivity index (χ3n) is 3.47. The molecule has 1 aliphatic heterocycles. The fourth-order valence-electron chi connectivity index (χ4n) is 2.13. The Morgan fingerprint density at radius 3 is 2.53 bits per heavy atom. The maximum atomic E-state index is 11.7. The van der Waals surface area contributed by atoms with E-state index in [1.807, 2.05) is 30.3 Å². The first-order chi connectivity index (χ1) is 9.24. The fraction of sp³-hybridized carbons (Fsp3) is 0.533. The van der Waals surface area contributed by atoms with Gasteiger partial charge in [-0.3, -0.25) is 4.79 Å². The zero-order chi connectivity index (χ0) is 13.5. The van der Waals surface area contributed by atoms with Crippen molar-refractivity contribution in [2.75, 3.05) is 39.8 Å². The van der Waals surface area contributed by atoms with Crippen LogP contribution in [0.2, 0.25) is 0 Å². The van der Waals surface area contributed by atoms with Gasteiger partial charge in [-0.05, 0) is 12.6 Å². The van der Waals surface area contributed by atoms with Gasteiger partial charge in [0.05, 0.1) is 6.42 Å². The molecule has 0 saturated carbocycles. The highest BCUT2D eigenvalue weighted by molar-refractivity contribution is 5.69. The Morgan fingerprint density at radius 2 is 1.84 bits per heavy atom. The van der Waals surface area contributed by atoms with Gasteiger partial charge >= 0.3 is 5.97 Å². The largest absolute Gasteiger partial charge is 0.461 e. The second-order valence-electron chi connectivity index (χ2n) is 5.04. The first-order valence-corrected chi connectivity index (χ1v) is 6.84.